The van der Waals surface area contributed by atoms with Crippen molar-refractivity contribution in [3.8, 4) is 11.5 Å². The highest BCUT2D eigenvalue weighted by Crippen LogP contribution is 2.39. The molecule has 0 spiro atoms. The highest BCUT2D eigenvalue weighted by Gasteiger charge is 2.30. The summed E-state index contributed by atoms with van der Waals surface area (Å²) in [6, 6.07) is 10.2. The number of hydrogen-bond donors (Lipinski definition) is 2. The topological polar surface area (TPSA) is 76.2 Å². The first-order chi connectivity index (χ1) is 14.3. The molecule has 4 rings (SSSR count). The molecule has 0 saturated carbocycles. The molecule has 2 heterocycles. The molecule has 30 heavy (non-hydrogen) atoms. The van der Waals surface area contributed by atoms with E-state index in [1.165, 1.54) is 19.2 Å². The monoisotopic (exact) mass is 417 g/mol. The molecule has 2 aromatic carbocycles. The first kappa shape index (κ1) is 19.8. The zero-order valence-electron chi connectivity index (χ0n) is 15.9. The smallest absolute Gasteiger partial charge is 0.416 e. The van der Waals surface area contributed by atoms with Gasteiger partial charge >= 0.3 is 6.18 Å². The number of aromatic nitrogens is 2. The van der Waals surface area contributed by atoms with Gasteiger partial charge in [-0.1, -0.05) is 18.2 Å². The Morgan fingerprint density at radius 3 is 2.60 bits per heavy atom. The molecule has 1 aromatic heterocycles. The van der Waals surface area contributed by atoms with Crippen molar-refractivity contribution in [1.29, 1.82) is 0 Å². The highest BCUT2D eigenvalue weighted by atomic mass is 19.4. The molecule has 3 aromatic rings. The fourth-order valence-electron chi connectivity index (χ4n) is 3.41. The number of hydrogen-bond acceptors (Lipinski definition) is 4. The molecule has 0 bridgehead atoms. The lowest BCUT2D eigenvalue weighted by atomic mass is 9.87. The predicted octanol–water partition coefficient (Wildman–Crippen LogP) is 4.49. The van der Waals surface area contributed by atoms with E-state index in [2.05, 4.69) is 15.5 Å². The van der Waals surface area contributed by atoms with Gasteiger partial charge in [0.2, 0.25) is 5.91 Å². The van der Waals surface area contributed by atoms with Crippen LogP contribution >= 0.6 is 0 Å². The Bertz CT molecular complexity index is 1060. The minimum atomic E-state index is -4.37. The Balaban J connectivity index is 1.52. The molecular weight excluding hydrogens is 399 g/mol. The van der Waals surface area contributed by atoms with Crippen molar-refractivity contribution in [3.05, 3.63) is 70.9 Å². The number of anilines is 1. The van der Waals surface area contributed by atoms with Crippen molar-refractivity contribution in [2.24, 2.45) is 0 Å². The zero-order valence-corrected chi connectivity index (χ0v) is 15.9. The maximum Gasteiger partial charge on any atom is 0.416 e. The molecule has 1 aliphatic rings. The van der Waals surface area contributed by atoms with E-state index in [-0.39, 0.29) is 24.9 Å². The van der Waals surface area contributed by atoms with E-state index in [0.717, 1.165) is 23.3 Å². The Labute approximate surface area is 170 Å². The van der Waals surface area contributed by atoms with E-state index in [9.17, 15) is 18.0 Å². The van der Waals surface area contributed by atoms with Crippen LogP contribution in [0.5, 0.6) is 11.5 Å². The third-order valence-electron chi connectivity index (χ3n) is 4.96. The summed E-state index contributed by atoms with van der Waals surface area (Å²) in [5, 5.41) is 9.53. The number of methoxy groups -OCH3 is 1. The van der Waals surface area contributed by atoms with E-state index >= 15 is 0 Å². The van der Waals surface area contributed by atoms with Crippen molar-refractivity contribution in [3.63, 3.8) is 0 Å². The third-order valence-corrected chi connectivity index (χ3v) is 4.96. The van der Waals surface area contributed by atoms with Gasteiger partial charge in [0.05, 0.1) is 12.7 Å². The average Bonchev–Trinajstić information content (AvgIpc) is 3.19. The Morgan fingerprint density at radius 1 is 1.13 bits per heavy atom. The largest absolute Gasteiger partial charge is 0.493 e. The fraction of sp³-hybridized carbons (Fsp3) is 0.238. The van der Waals surface area contributed by atoms with Crippen LogP contribution in [0, 0.1) is 0 Å². The molecule has 1 aliphatic heterocycles. The minimum Gasteiger partial charge on any atom is -0.493 e. The summed E-state index contributed by atoms with van der Waals surface area (Å²) in [7, 11) is 1.50. The average molecular weight is 417 g/mol. The van der Waals surface area contributed by atoms with Gasteiger partial charge < -0.3 is 14.8 Å². The highest BCUT2D eigenvalue weighted by molar-refractivity contribution is 5.94. The number of alkyl halides is 3. The number of aromatic amines is 1. The van der Waals surface area contributed by atoms with Gasteiger partial charge in [0.15, 0.2) is 17.3 Å². The normalized spacial score (nSPS) is 16.0. The van der Waals surface area contributed by atoms with Crippen LogP contribution < -0.4 is 14.8 Å². The van der Waals surface area contributed by atoms with Gasteiger partial charge in [-0.25, -0.2) is 0 Å². The minimum absolute atomic E-state index is 0.0888. The number of benzene rings is 2. The van der Waals surface area contributed by atoms with Crippen molar-refractivity contribution in [2.45, 2.75) is 25.1 Å². The summed E-state index contributed by atoms with van der Waals surface area (Å²) in [5.41, 5.74) is 1.64. The number of nitrogens with one attached hydrogen (secondary N) is 2. The molecule has 1 unspecified atom stereocenters. The number of fused-ring (bicyclic) bond motifs is 1. The molecule has 0 radical (unpaired) electrons. The van der Waals surface area contributed by atoms with Gasteiger partial charge in [-0.15, -0.1) is 0 Å². The van der Waals surface area contributed by atoms with Crippen LogP contribution in [0.25, 0.3) is 0 Å². The standard InChI is InChI=1S/C21H18F3N3O3/c1-29-18-8-13(15-9-19(28)26-20-16(15)10-25-27-20)4-7-17(18)30-11-12-2-5-14(6-3-12)21(22,23)24/h2-8,10,15H,9,11H2,1H3,(H2,25,26,27,28). The van der Waals surface area contributed by atoms with Crippen molar-refractivity contribution in [2.75, 3.05) is 12.4 Å². The lowest BCUT2D eigenvalue weighted by Gasteiger charge is -2.23. The second-order valence-corrected chi connectivity index (χ2v) is 6.89. The van der Waals surface area contributed by atoms with Crippen LogP contribution in [0.15, 0.2) is 48.7 Å². The van der Waals surface area contributed by atoms with Gasteiger partial charge in [-0.2, -0.15) is 18.3 Å². The van der Waals surface area contributed by atoms with E-state index in [4.69, 9.17) is 9.47 Å². The maximum absolute atomic E-state index is 12.7. The van der Waals surface area contributed by atoms with Crippen LogP contribution in [0.1, 0.15) is 34.6 Å². The fourth-order valence-corrected chi connectivity index (χ4v) is 3.41. The van der Waals surface area contributed by atoms with Crippen LogP contribution in [-0.2, 0) is 17.6 Å². The second kappa shape index (κ2) is 7.74. The predicted molar refractivity (Wildman–Crippen MR) is 102 cm³/mol. The van der Waals surface area contributed by atoms with Crippen molar-refractivity contribution >= 4 is 11.7 Å². The molecule has 2 N–H and O–H groups in total. The molecule has 0 saturated heterocycles. The number of carbonyl (C=O) groups is 1. The number of amides is 1. The summed E-state index contributed by atoms with van der Waals surface area (Å²) >= 11 is 0. The first-order valence-electron chi connectivity index (χ1n) is 9.15. The van der Waals surface area contributed by atoms with Gasteiger partial charge in [-0.05, 0) is 35.4 Å². The van der Waals surface area contributed by atoms with E-state index in [0.29, 0.717) is 22.9 Å². The Hall–Kier alpha value is -3.49. The lowest BCUT2D eigenvalue weighted by molar-refractivity contribution is -0.137. The number of H-pyrrole nitrogens is 1. The molecule has 6 nitrogen and oxygen atoms in total. The van der Waals surface area contributed by atoms with Crippen LogP contribution in [0.2, 0.25) is 0 Å². The second-order valence-electron chi connectivity index (χ2n) is 6.89. The van der Waals surface area contributed by atoms with Gasteiger partial charge in [0.25, 0.3) is 0 Å². The quantitative estimate of drug-likeness (QED) is 0.641. The van der Waals surface area contributed by atoms with E-state index < -0.39 is 11.7 Å². The Kier molecular flexibility index (Phi) is 5.11. The number of rotatable bonds is 5. The first-order valence-corrected chi connectivity index (χ1v) is 9.15. The molecule has 0 aliphatic carbocycles. The molecule has 9 heteroatoms. The van der Waals surface area contributed by atoms with E-state index in [1.54, 1.807) is 18.3 Å². The number of halogens is 3. The number of ether oxygens (including phenoxy) is 2. The van der Waals surface area contributed by atoms with E-state index in [1.807, 2.05) is 6.07 Å². The number of nitrogens with zero attached hydrogens (tertiary/aromatic N) is 1. The maximum atomic E-state index is 12.7. The molecule has 156 valence electrons. The summed E-state index contributed by atoms with van der Waals surface area (Å²) in [6.07, 6.45) is -2.34. The van der Waals surface area contributed by atoms with Crippen molar-refractivity contribution in [1.82, 2.24) is 10.2 Å². The SMILES string of the molecule is COc1cc(C2CC(=O)Nc3n[nH]cc32)ccc1OCc1ccc(C(F)(F)F)cc1. The van der Waals surface area contributed by atoms with Gasteiger partial charge in [0.1, 0.15) is 6.61 Å². The summed E-state index contributed by atoms with van der Waals surface area (Å²) < 4.78 is 49.2. The van der Waals surface area contributed by atoms with Crippen LogP contribution in [0.3, 0.4) is 0 Å². The zero-order chi connectivity index (χ0) is 21.3. The summed E-state index contributed by atoms with van der Waals surface area (Å²) in [6.45, 7) is 0.0888. The van der Waals surface area contributed by atoms with Crippen LogP contribution in [-0.4, -0.2) is 23.2 Å². The third kappa shape index (κ3) is 3.96. The molecule has 1 atom stereocenters. The molecule has 1 amide bonds. The summed E-state index contributed by atoms with van der Waals surface area (Å²) in [5.74, 6) is 1.13. The van der Waals surface area contributed by atoms with Crippen LogP contribution in [0.4, 0.5) is 19.0 Å². The van der Waals surface area contributed by atoms with Crippen molar-refractivity contribution < 1.29 is 27.4 Å². The lowest BCUT2D eigenvalue weighted by Crippen LogP contribution is -2.23. The van der Waals surface area contributed by atoms with Gasteiger partial charge in [-0.3, -0.25) is 9.89 Å². The molecule has 0 fully saturated rings. The summed E-state index contributed by atoms with van der Waals surface area (Å²) in [4.78, 5) is 12.0. The number of carbonyl (C=O) groups excluding carboxylic acids is 1. The Morgan fingerprint density at radius 2 is 1.90 bits per heavy atom. The molecular formula is C21H18F3N3O3. The van der Waals surface area contributed by atoms with Gasteiger partial charge in [0, 0.05) is 24.1 Å².